The van der Waals surface area contributed by atoms with Gasteiger partial charge >= 0.3 is 12.1 Å². The summed E-state index contributed by atoms with van der Waals surface area (Å²) in [5.74, 6) is -0.353. The quantitative estimate of drug-likeness (QED) is 0.579. The van der Waals surface area contributed by atoms with Gasteiger partial charge < -0.3 is 14.8 Å². The number of carbonyl (C=O) groups excluding carboxylic acids is 2. The normalized spacial score (nSPS) is 10.7. The number of halogens is 2. The zero-order chi connectivity index (χ0) is 15.8. The lowest BCUT2D eigenvalue weighted by Gasteiger charge is -2.20. The van der Waals surface area contributed by atoms with E-state index in [0.29, 0.717) is 6.42 Å². The lowest BCUT2D eigenvalue weighted by Crippen LogP contribution is -2.32. The summed E-state index contributed by atoms with van der Waals surface area (Å²) in [4.78, 5) is 22.7. The van der Waals surface area contributed by atoms with Crippen LogP contribution in [0.25, 0.3) is 0 Å². The third kappa shape index (κ3) is 7.06. The van der Waals surface area contributed by atoms with Crippen LogP contribution < -0.4 is 5.32 Å². The number of hydrogen-bond acceptors (Lipinski definition) is 4. The molecule has 0 radical (unpaired) electrons. The van der Waals surface area contributed by atoms with Gasteiger partial charge in [0, 0.05) is 5.57 Å². The number of esters is 1. The summed E-state index contributed by atoms with van der Waals surface area (Å²) in [6.07, 6.45) is -2.06. The van der Waals surface area contributed by atoms with E-state index in [1.807, 2.05) is 6.92 Å². The molecule has 0 aliphatic carbocycles. The molecule has 7 heteroatoms. The van der Waals surface area contributed by atoms with E-state index in [4.69, 9.17) is 4.74 Å². The molecule has 0 bridgehead atoms. The SMILES string of the molecule is CCC(C)(C)C(=O)OCCNC(=O)OCC(C)=C(F)F. The minimum absolute atomic E-state index is 0.00363. The molecule has 5 nitrogen and oxygen atoms in total. The van der Waals surface area contributed by atoms with E-state index in [2.05, 4.69) is 10.1 Å². The van der Waals surface area contributed by atoms with Crippen LogP contribution in [0.2, 0.25) is 0 Å². The topological polar surface area (TPSA) is 64.6 Å². The van der Waals surface area contributed by atoms with E-state index in [1.54, 1.807) is 13.8 Å². The largest absolute Gasteiger partial charge is 0.463 e. The molecule has 0 aliphatic rings. The van der Waals surface area contributed by atoms with Crippen LogP contribution in [-0.4, -0.2) is 31.8 Å². The van der Waals surface area contributed by atoms with Crippen molar-refractivity contribution in [1.82, 2.24) is 5.32 Å². The fourth-order valence-electron chi connectivity index (χ4n) is 0.916. The van der Waals surface area contributed by atoms with Crippen molar-refractivity contribution in [1.29, 1.82) is 0 Å². The predicted molar refractivity (Wildman–Crippen MR) is 69.3 cm³/mol. The fraction of sp³-hybridized carbons (Fsp3) is 0.692. The Kier molecular flexibility index (Phi) is 7.79. The molecule has 0 heterocycles. The molecule has 0 saturated heterocycles. The molecule has 0 spiro atoms. The summed E-state index contributed by atoms with van der Waals surface area (Å²) < 4.78 is 33.6. The number of alkyl carbamates (subject to hydrolysis) is 1. The van der Waals surface area contributed by atoms with E-state index in [9.17, 15) is 18.4 Å². The van der Waals surface area contributed by atoms with E-state index in [-0.39, 0.29) is 24.7 Å². The van der Waals surface area contributed by atoms with Crippen LogP contribution in [0.1, 0.15) is 34.1 Å². The van der Waals surface area contributed by atoms with Crippen molar-refractivity contribution < 1.29 is 27.8 Å². The summed E-state index contributed by atoms with van der Waals surface area (Å²) in [6.45, 7) is 6.15. The minimum Gasteiger partial charge on any atom is -0.463 e. The molecule has 0 rings (SSSR count). The Morgan fingerprint density at radius 1 is 1.20 bits per heavy atom. The van der Waals surface area contributed by atoms with Gasteiger partial charge in [0.25, 0.3) is 6.08 Å². The minimum atomic E-state index is -1.87. The van der Waals surface area contributed by atoms with E-state index < -0.39 is 24.2 Å². The molecule has 0 fully saturated rings. The standard InChI is InChI=1S/C13H21F2NO4/c1-5-13(3,4)11(17)19-7-6-16-12(18)20-8-9(2)10(14)15/h5-8H2,1-4H3,(H,16,18). The molecule has 0 aliphatic heterocycles. The zero-order valence-electron chi connectivity index (χ0n) is 12.2. The molecule has 0 saturated carbocycles. The second-order valence-corrected chi connectivity index (χ2v) is 4.92. The first-order valence-electron chi connectivity index (χ1n) is 6.29. The smallest absolute Gasteiger partial charge is 0.407 e. The molecule has 0 aromatic carbocycles. The summed E-state index contributed by atoms with van der Waals surface area (Å²) in [6, 6.07) is 0. The maximum Gasteiger partial charge on any atom is 0.407 e. The van der Waals surface area contributed by atoms with Gasteiger partial charge in [0.05, 0.1) is 12.0 Å². The van der Waals surface area contributed by atoms with Crippen molar-refractivity contribution >= 4 is 12.1 Å². The van der Waals surface area contributed by atoms with Gasteiger partial charge in [-0.1, -0.05) is 6.92 Å². The Balaban J connectivity index is 3.84. The molecule has 20 heavy (non-hydrogen) atoms. The van der Waals surface area contributed by atoms with Crippen LogP contribution in [0.5, 0.6) is 0 Å². The average molecular weight is 293 g/mol. The van der Waals surface area contributed by atoms with Gasteiger partial charge in [-0.2, -0.15) is 8.78 Å². The number of ether oxygens (including phenoxy) is 2. The molecule has 1 N–H and O–H groups in total. The van der Waals surface area contributed by atoms with Crippen LogP contribution in [0.3, 0.4) is 0 Å². The molecule has 0 aromatic rings. The van der Waals surface area contributed by atoms with Gasteiger partial charge in [-0.3, -0.25) is 4.79 Å². The van der Waals surface area contributed by atoms with Crippen LogP contribution in [0.4, 0.5) is 13.6 Å². The van der Waals surface area contributed by atoms with Crippen molar-refractivity contribution in [2.75, 3.05) is 19.8 Å². The van der Waals surface area contributed by atoms with Crippen molar-refractivity contribution in [3.8, 4) is 0 Å². The molecule has 1 amide bonds. The molecular weight excluding hydrogens is 272 g/mol. The Labute approximate surface area is 117 Å². The highest BCUT2D eigenvalue weighted by Gasteiger charge is 2.26. The highest BCUT2D eigenvalue weighted by atomic mass is 19.3. The second-order valence-electron chi connectivity index (χ2n) is 4.92. The maximum absolute atomic E-state index is 12.0. The van der Waals surface area contributed by atoms with Crippen molar-refractivity contribution in [2.45, 2.75) is 34.1 Å². The first kappa shape index (κ1) is 18.3. The lowest BCUT2D eigenvalue weighted by atomic mass is 9.91. The number of carbonyl (C=O) groups is 2. The Bertz CT molecular complexity index is 377. The van der Waals surface area contributed by atoms with Crippen LogP contribution in [-0.2, 0) is 14.3 Å². The zero-order valence-corrected chi connectivity index (χ0v) is 12.2. The Morgan fingerprint density at radius 3 is 2.30 bits per heavy atom. The van der Waals surface area contributed by atoms with Gasteiger partial charge in [-0.05, 0) is 27.2 Å². The van der Waals surface area contributed by atoms with E-state index in [0.717, 1.165) is 6.92 Å². The van der Waals surface area contributed by atoms with E-state index in [1.165, 1.54) is 0 Å². The molecule has 0 unspecified atom stereocenters. The monoisotopic (exact) mass is 293 g/mol. The van der Waals surface area contributed by atoms with Crippen molar-refractivity contribution in [2.24, 2.45) is 5.41 Å². The predicted octanol–water partition coefficient (Wildman–Crippen LogP) is 2.86. The molecule has 116 valence electrons. The molecular formula is C13H21F2NO4. The summed E-state index contributed by atoms with van der Waals surface area (Å²) >= 11 is 0. The third-order valence-corrected chi connectivity index (χ3v) is 2.78. The maximum atomic E-state index is 12.0. The van der Waals surface area contributed by atoms with Crippen LogP contribution in [0, 0.1) is 5.41 Å². The Hall–Kier alpha value is -1.66. The van der Waals surface area contributed by atoms with Gasteiger partial charge in [-0.25, -0.2) is 4.79 Å². The van der Waals surface area contributed by atoms with Gasteiger partial charge in [0.2, 0.25) is 0 Å². The van der Waals surface area contributed by atoms with Gasteiger partial charge in [0.1, 0.15) is 13.2 Å². The van der Waals surface area contributed by atoms with Crippen molar-refractivity contribution in [3.63, 3.8) is 0 Å². The highest BCUT2D eigenvalue weighted by Crippen LogP contribution is 2.21. The second kappa shape index (κ2) is 8.50. The fourth-order valence-corrected chi connectivity index (χ4v) is 0.916. The Morgan fingerprint density at radius 2 is 1.80 bits per heavy atom. The van der Waals surface area contributed by atoms with Crippen LogP contribution in [0.15, 0.2) is 11.7 Å². The summed E-state index contributed by atoms with van der Waals surface area (Å²) in [7, 11) is 0. The molecule has 0 aromatic heterocycles. The van der Waals surface area contributed by atoms with E-state index >= 15 is 0 Å². The van der Waals surface area contributed by atoms with Gasteiger partial charge in [0.15, 0.2) is 0 Å². The van der Waals surface area contributed by atoms with Crippen LogP contribution >= 0.6 is 0 Å². The number of hydrogen-bond donors (Lipinski definition) is 1. The lowest BCUT2D eigenvalue weighted by molar-refractivity contribution is -0.153. The summed E-state index contributed by atoms with van der Waals surface area (Å²) in [5.41, 5.74) is -0.877. The number of nitrogens with one attached hydrogen (secondary N) is 1. The third-order valence-electron chi connectivity index (χ3n) is 2.78. The molecule has 0 atom stereocenters. The van der Waals surface area contributed by atoms with Crippen molar-refractivity contribution in [3.05, 3.63) is 11.7 Å². The summed E-state index contributed by atoms with van der Waals surface area (Å²) in [5, 5.41) is 2.30. The number of amides is 1. The highest BCUT2D eigenvalue weighted by molar-refractivity contribution is 5.75. The van der Waals surface area contributed by atoms with Gasteiger partial charge in [-0.15, -0.1) is 0 Å². The first-order valence-corrected chi connectivity index (χ1v) is 6.29. The first-order chi connectivity index (χ1) is 9.20. The number of rotatable bonds is 7. The average Bonchev–Trinajstić information content (AvgIpc) is 2.40.